The van der Waals surface area contributed by atoms with Crippen molar-refractivity contribution in [3.8, 4) is 5.75 Å². The summed E-state index contributed by atoms with van der Waals surface area (Å²) in [5.74, 6) is -1.07. The van der Waals surface area contributed by atoms with Gasteiger partial charge in [-0.2, -0.15) is 0 Å². The number of nitrogens with one attached hydrogen (secondary N) is 2. The molecule has 1 aromatic heterocycles. The van der Waals surface area contributed by atoms with Gasteiger partial charge in [-0.15, -0.1) is 0 Å². The lowest BCUT2D eigenvalue weighted by Gasteiger charge is -2.40. The Kier molecular flexibility index (Phi) is 10.6. The SMILES string of the molecule is COc1ccc2ncc(CN3CCOCC3)c(C(O)CCC3(C(=O)NO)CCN(CCNc4cc(F)cc(F)c4)CC3)c2c1. The number of aromatic nitrogens is 1. The first-order valence-electron chi connectivity index (χ1n) is 15.1. The molecule has 0 bridgehead atoms. The van der Waals surface area contributed by atoms with Crippen LogP contribution in [0.3, 0.4) is 0 Å². The number of ether oxygens (including phenoxy) is 2. The lowest BCUT2D eigenvalue weighted by atomic mass is 9.73. The number of carbonyl (C=O) groups is 1. The fourth-order valence-electron chi connectivity index (χ4n) is 6.37. The van der Waals surface area contributed by atoms with Crippen molar-refractivity contribution in [2.75, 3.05) is 64.9 Å². The predicted octanol–water partition coefficient (Wildman–Crippen LogP) is 3.87. The highest BCUT2D eigenvalue weighted by Crippen LogP contribution is 2.40. The average Bonchev–Trinajstić information content (AvgIpc) is 3.03. The number of morpholine rings is 1. The van der Waals surface area contributed by atoms with E-state index < -0.39 is 29.1 Å². The summed E-state index contributed by atoms with van der Waals surface area (Å²) in [4.78, 5) is 22.2. The van der Waals surface area contributed by atoms with E-state index in [4.69, 9.17) is 9.47 Å². The molecule has 12 heteroatoms. The van der Waals surface area contributed by atoms with Crippen molar-refractivity contribution in [2.45, 2.75) is 38.3 Å². The molecule has 44 heavy (non-hydrogen) atoms. The third-order valence-corrected chi connectivity index (χ3v) is 8.94. The normalized spacial score (nSPS) is 18.2. The Balaban J connectivity index is 1.27. The van der Waals surface area contributed by atoms with Gasteiger partial charge in [-0.3, -0.25) is 19.9 Å². The molecule has 5 rings (SSSR count). The standard InChI is InChI=1S/C32H41F2N5O5/c1-43-26-2-3-28-27(19-26)30(22(20-36-28)21-39-12-14-44-15-13-39)29(40)4-5-32(31(41)37-42)6-9-38(10-7-32)11-8-35-25-17-23(33)16-24(34)18-25/h2-3,16-20,29,35,40,42H,4-15,21H2,1H3,(H,37,41). The maximum atomic E-state index is 13.5. The molecule has 2 aliphatic heterocycles. The molecular formula is C32H41F2N5O5. The Morgan fingerprint density at radius 1 is 1.09 bits per heavy atom. The number of pyridine rings is 1. The van der Waals surface area contributed by atoms with Gasteiger partial charge in [-0.1, -0.05) is 0 Å². The lowest BCUT2D eigenvalue weighted by Crippen LogP contribution is -2.49. The van der Waals surface area contributed by atoms with Crippen molar-refractivity contribution in [3.63, 3.8) is 0 Å². The van der Waals surface area contributed by atoms with Gasteiger partial charge in [0.15, 0.2) is 0 Å². The summed E-state index contributed by atoms with van der Waals surface area (Å²) >= 11 is 0. The summed E-state index contributed by atoms with van der Waals surface area (Å²) in [6.07, 6.45) is 2.62. The number of methoxy groups -OCH3 is 1. The van der Waals surface area contributed by atoms with Crippen LogP contribution in [0.2, 0.25) is 0 Å². The molecule has 1 atom stereocenters. The zero-order valence-corrected chi connectivity index (χ0v) is 25.0. The summed E-state index contributed by atoms with van der Waals surface area (Å²) in [7, 11) is 1.60. The number of hydrogen-bond acceptors (Lipinski definition) is 9. The summed E-state index contributed by atoms with van der Waals surface area (Å²) in [6, 6.07) is 8.93. The molecule has 2 aliphatic rings. The molecular weight excluding hydrogens is 572 g/mol. The van der Waals surface area contributed by atoms with Crippen LogP contribution >= 0.6 is 0 Å². The van der Waals surface area contributed by atoms with E-state index in [1.54, 1.807) is 7.11 Å². The number of nitrogens with zero attached hydrogens (tertiary/aromatic N) is 3. The van der Waals surface area contributed by atoms with E-state index in [1.807, 2.05) is 29.9 Å². The number of hydrogen-bond donors (Lipinski definition) is 4. The number of carbonyl (C=O) groups excluding carboxylic acids is 1. The minimum atomic E-state index is -0.874. The van der Waals surface area contributed by atoms with Gasteiger partial charge in [0.25, 0.3) is 0 Å². The van der Waals surface area contributed by atoms with E-state index in [2.05, 4.69) is 20.1 Å². The highest BCUT2D eigenvalue weighted by Gasteiger charge is 2.41. The van der Waals surface area contributed by atoms with Crippen LogP contribution in [0.1, 0.15) is 42.9 Å². The fraction of sp³-hybridized carbons (Fsp3) is 0.500. The van der Waals surface area contributed by atoms with Gasteiger partial charge in [0.05, 0.1) is 37.4 Å². The second-order valence-corrected chi connectivity index (χ2v) is 11.7. The monoisotopic (exact) mass is 613 g/mol. The second kappa shape index (κ2) is 14.6. The maximum Gasteiger partial charge on any atom is 0.249 e. The number of aliphatic hydroxyl groups is 1. The predicted molar refractivity (Wildman–Crippen MR) is 161 cm³/mol. The van der Waals surface area contributed by atoms with Gasteiger partial charge in [0, 0.05) is 56.1 Å². The van der Waals surface area contributed by atoms with Crippen molar-refractivity contribution in [1.82, 2.24) is 20.3 Å². The molecule has 0 radical (unpaired) electrons. The first kappa shape index (κ1) is 32.0. The first-order valence-corrected chi connectivity index (χ1v) is 15.1. The topological polar surface area (TPSA) is 119 Å². The van der Waals surface area contributed by atoms with Crippen molar-refractivity contribution >= 4 is 22.5 Å². The Bertz CT molecular complexity index is 1410. The van der Waals surface area contributed by atoms with Crippen molar-refractivity contribution in [3.05, 3.63) is 65.4 Å². The third-order valence-electron chi connectivity index (χ3n) is 8.94. The number of aliphatic hydroxyl groups excluding tert-OH is 1. The van der Waals surface area contributed by atoms with E-state index in [0.717, 1.165) is 41.2 Å². The van der Waals surface area contributed by atoms with Gasteiger partial charge >= 0.3 is 0 Å². The summed E-state index contributed by atoms with van der Waals surface area (Å²) in [5.41, 5.74) is 3.83. The van der Waals surface area contributed by atoms with Gasteiger partial charge in [-0.25, -0.2) is 14.3 Å². The molecule has 3 heterocycles. The molecule has 0 saturated carbocycles. The molecule has 4 N–H and O–H groups in total. The fourth-order valence-corrected chi connectivity index (χ4v) is 6.37. The number of rotatable bonds is 12. The largest absolute Gasteiger partial charge is 0.497 e. The number of halogens is 2. The van der Waals surface area contributed by atoms with Crippen LogP contribution < -0.4 is 15.5 Å². The number of anilines is 1. The van der Waals surface area contributed by atoms with Gasteiger partial charge in [0.2, 0.25) is 5.91 Å². The Hall–Kier alpha value is -3.42. The van der Waals surface area contributed by atoms with Crippen molar-refractivity contribution in [1.29, 1.82) is 0 Å². The Morgan fingerprint density at radius 3 is 2.50 bits per heavy atom. The van der Waals surface area contributed by atoms with Crippen LogP contribution in [0, 0.1) is 17.0 Å². The van der Waals surface area contributed by atoms with Crippen LogP contribution in [0.25, 0.3) is 10.9 Å². The average molecular weight is 614 g/mol. The zero-order chi connectivity index (χ0) is 31.1. The number of benzene rings is 2. The van der Waals surface area contributed by atoms with Gasteiger partial charge < -0.3 is 24.8 Å². The number of likely N-dealkylation sites (tertiary alicyclic amines) is 1. The number of piperidine rings is 1. The molecule has 2 aromatic carbocycles. The van der Waals surface area contributed by atoms with Crippen LogP contribution in [0.15, 0.2) is 42.6 Å². The summed E-state index contributed by atoms with van der Waals surface area (Å²) < 4.78 is 38.0. The minimum absolute atomic E-state index is 0.312. The van der Waals surface area contributed by atoms with Crippen molar-refractivity contribution < 1.29 is 33.4 Å². The second-order valence-electron chi connectivity index (χ2n) is 11.7. The Labute approximate surface area is 255 Å². The van der Waals surface area contributed by atoms with E-state index >= 15 is 0 Å². The van der Waals surface area contributed by atoms with E-state index in [0.29, 0.717) is 83.1 Å². The van der Waals surface area contributed by atoms with E-state index in [-0.39, 0.29) is 0 Å². The van der Waals surface area contributed by atoms with Crippen LogP contribution in [0.5, 0.6) is 5.75 Å². The van der Waals surface area contributed by atoms with Crippen LogP contribution in [-0.2, 0) is 16.1 Å². The highest BCUT2D eigenvalue weighted by molar-refractivity contribution is 5.85. The number of amides is 1. The smallest absolute Gasteiger partial charge is 0.249 e. The first-order chi connectivity index (χ1) is 21.3. The molecule has 3 aromatic rings. The van der Waals surface area contributed by atoms with Gasteiger partial charge in [-0.05, 0) is 80.2 Å². The highest BCUT2D eigenvalue weighted by atomic mass is 19.1. The molecule has 2 saturated heterocycles. The molecule has 0 spiro atoms. The minimum Gasteiger partial charge on any atom is -0.497 e. The van der Waals surface area contributed by atoms with E-state index in [9.17, 15) is 23.9 Å². The lowest BCUT2D eigenvalue weighted by molar-refractivity contribution is -0.143. The number of hydroxylamine groups is 1. The maximum absolute atomic E-state index is 13.5. The quantitative estimate of drug-likeness (QED) is 0.178. The Morgan fingerprint density at radius 2 is 1.82 bits per heavy atom. The molecule has 1 amide bonds. The number of fused-ring (bicyclic) bond motifs is 1. The van der Waals surface area contributed by atoms with Gasteiger partial charge in [0.1, 0.15) is 17.4 Å². The zero-order valence-electron chi connectivity index (χ0n) is 25.0. The molecule has 10 nitrogen and oxygen atoms in total. The molecule has 0 aliphatic carbocycles. The summed E-state index contributed by atoms with van der Waals surface area (Å²) in [6.45, 7) is 5.79. The summed E-state index contributed by atoms with van der Waals surface area (Å²) in [5, 5.41) is 25.2. The van der Waals surface area contributed by atoms with Crippen LogP contribution in [-0.4, -0.2) is 90.6 Å². The third kappa shape index (κ3) is 7.62. The van der Waals surface area contributed by atoms with Crippen molar-refractivity contribution in [2.24, 2.45) is 5.41 Å². The molecule has 238 valence electrons. The molecule has 2 fully saturated rings. The van der Waals surface area contributed by atoms with E-state index in [1.165, 1.54) is 12.1 Å². The molecule has 1 unspecified atom stereocenters. The van der Waals surface area contributed by atoms with Crippen LogP contribution in [0.4, 0.5) is 14.5 Å².